The lowest BCUT2D eigenvalue weighted by molar-refractivity contribution is -0.140. The summed E-state index contributed by atoms with van der Waals surface area (Å²) in [6, 6.07) is 9.62. The predicted molar refractivity (Wildman–Crippen MR) is 105 cm³/mol. The number of carbonyl (C=O) groups excluding carboxylic acids is 2. The van der Waals surface area contributed by atoms with E-state index in [1.54, 1.807) is 0 Å². The fourth-order valence-electron chi connectivity index (χ4n) is 2.77. The lowest BCUT2D eigenvalue weighted by atomic mass is 9.84. The Morgan fingerprint density at radius 3 is 2.32 bits per heavy atom. The smallest absolute Gasteiger partial charge is 0.228 e. The van der Waals surface area contributed by atoms with E-state index in [2.05, 4.69) is 39.2 Å². The van der Waals surface area contributed by atoms with Crippen LogP contribution in [0.4, 0.5) is 0 Å². The monoisotopic (exact) mass is 379 g/mol. The van der Waals surface area contributed by atoms with E-state index in [4.69, 9.17) is 4.43 Å². The highest BCUT2D eigenvalue weighted by Crippen LogP contribution is 2.40. The number of amides is 1. The molecule has 1 heterocycles. The summed E-state index contributed by atoms with van der Waals surface area (Å²) in [6.07, 6.45) is 0.742. The summed E-state index contributed by atoms with van der Waals surface area (Å²) in [5, 5.41) is 2.69. The van der Waals surface area contributed by atoms with Crippen LogP contribution in [-0.2, 0) is 14.0 Å². The highest BCUT2D eigenvalue weighted by Gasteiger charge is 2.50. The van der Waals surface area contributed by atoms with Gasteiger partial charge in [0.15, 0.2) is 8.32 Å². The Kier molecular flexibility index (Phi) is 6.17. The number of nitrogens with one attached hydrogen (secondary N) is 1. The van der Waals surface area contributed by atoms with E-state index in [1.165, 1.54) is 11.8 Å². The largest absolute Gasteiger partial charge is 0.413 e. The number of hydrogen-bond acceptors (Lipinski definition) is 4. The summed E-state index contributed by atoms with van der Waals surface area (Å²) in [4.78, 5) is 24.9. The van der Waals surface area contributed by atoms with E-state index in [9.17, 15) is 9.59 Å². The molecule has 1 aliphatic heterocycles. The summed E-state index contributed by atoms with van der Waals surface area (Å²) < 4.78 is 6.40. The maximum Gasteiger partial charge on any atom is 0.228 e. The SMILES string of the molecule is C[C@@H](O[Si](C)(C)C(C)(C)C)[C@H]1C(=O)N[C@H]1C(C=O)Sc1ccccc1. The third-order valence-corrected chi connectivity index (χ3v) is 11.1. The third kappa shape index (κ3) is 4.54. The van der Waals surface area contributed by atoms with Crippen molar-refractivity contribution in [3.8, 4) is 0 Å². The number of β-lactam (4-membered cyclic amide) rings is 1. The van der Waals surface area contributed by atoms with Gasteiger partial charge in [-0.25, -0.2) is 0 Å². The van der Waals surface area contributed by atoms with Gasteiger partial charge in [-0.1, -0.05) is 39.0 Å². The van der Waals surface area contributed by atoms with Crippen molar-refractivity contribution < 1.29 is 14.0 Å². The van der Waals surface area contributed by atoms with Gasteiger partial charge in [-0.3, -0.25) is 4.79 Å². The van der Waals surface area contributed by atoms with Crippen molar-refractivity contribution in [2.45, 2.75) is 68.1 Å². The van der Waals surface area contributed by atoms with E-state index >= 15 is 0 Å². The van der Waals surface area contributed by atoms with Crippen molar-refractivity contribution in [2.24, 2.45) is 5.92 Å². The molecule has 4 atom stereocenters. The quantitative estimate of drug-likeness (QED) is 0.338. The van der Waals surface area contributed by atoms with Crippen molar-refractivity contribution in [1.82, 2.24) is 5.32 Å². The zero-order valence-corrected chi connectivity index (χ0v) is 17.7. The van der Waals surface area contributed by atoms with Crippen LogP contribution in [0.2, 0.25) is 18.1 Å². The summed E-state index contributed by atoms with van der Waals surface area (Å²) in [5.74, 6) is -0.294. The molecule has 0 radical (unpaired) electrons. The van der Waals surface area contributed by atoms with Gasteiger partial charge in [0.1, 0.15) is 6.29 Å². The first kappa shape index (κ1) is 20.2. The third-order valence-electron chi connectivity index (χ3n) is 5.29. The normalized spacial score (nSPS) is 23.4. The Labute approximate surface area is 156 Å². The van der Waals surface area contributed by atoms with Gasteiger partial charge in [-0.05, 0) is 37.2 Å². The van der Waals surface area contributed by atoms with Crippen LogP contribution in [0.5, 0.6) is 0 Å². The van der Waals surface area contributed by atoms with Crippen LogP contribution in [-0.4, -0.2) is 37.9 Å². The van der Waals surface area contributed by atoms with Crippen molar-refractivity contribution in [2.75, 3.05) is 0 Å². The Morgan fingerprint density at radius 2 is 1.84 bits per heavy atom. The van der Waals surface area contributed by atoms with Crippen LogP contribution >= 0.6 is 11.8 Å². The Hall–Kier alpha value is -1.11. The lowest BCUT2D eigenvalue weighted by Crippen LogP contribution is -2.67. The second kappa shape index (κ2) is 7.64. The van der Waals surface area contributed by atoms with E-state index < -0.39 is 8.32 Å². The second-order valence-corrected chi connectivity index (χ2v) is 14.2. The minimum absolute atomic E-state index is 0.0169. The number of carbonyl (C=O) groups is 2. The van der Waals surface area contributed by atoms with Crippen molar-refractivity contribution in [1.29, 1.82) is 0 Å². The molecule has 1 amide bonds. The second-order valence-electron chi connectivity index (χ2n) is 8.18. The average molecular weight is 380 g/mol. The molecule has 1 aromatic rings. The molecule has 138 valence electrons. The molecule has 0 bridgehead atoms. The summed E-state index contributed by atoms with van der Waals surface area (Å²) in [6.45, 7) is 12.9. The van der Waals surface area contributed by atoms with Gasteiger partial charge in [0.05, 0.1) is 23.3 Å². The number of hydrogen-bond donors (Lipinski definition) is 1. The average Bonchev–Trinajstić information content (AvgIpc) is 2.49. The summed E-state index contributed by atoms with van der Waals surface area (Å²) >= 11 is 1.49. The Morgan fingerprint density at radius 1 is 1.24 bits per heavy atom. The minimum atomic E-state index is -1.97. The fourth-order valence-corrected chi connectivity index (χ4v) is 5.26. The maximum absolute atomic E-state index is 12.2. The number of aldehydes is 1. The van der Waals surface area contributed by atoms with Crippen LogP contribution in [0.1, 0.15) is 27.7 Å². The predicted octanol–water partition coefficient (Wildman–Crippen LogP) is 3.87. The van der Waals surface area contributed by atoms with E-state index in [0.29, 0.717) is 0 Å². The molecule has 1 saturated heterocycles. The molecule has 1 fully saturated rings. The molecule has 4 nitrogen and oxygen atoms in total. The van der Waals surface area contributed by atoms with Crippen molar-refractivity contribution in [3.63, 3.8) is 0 Å². The molecule has 0 spiro atoms. The fraction of sp³-hybridized carbons (Fsp3) is 0.579. The van der Waals surface area contributed by atoms with Crippen LogP contribution in [0.15, 0.2) is 35.2 Å². The molecule has 1 aliphatic rings. The molecule has 0 aromatic heterocycles. The highest BCUT2D eigenvalue weighted by molar-refractivity contribution is 8.00. The zero-order chi connectivity index (χ0) is 18.8. The summed E-state index contributed by atoms with van der Waals surface area (Å²) in [5.41, 5.74) is 0. The van der Waals surface area contributed by atoms with Crippen molar-refractivity contribution >= 4 is 32.3 Å². The van der Waals surface area contributed by atoms with E-state index in [-0.39, 0.29) is 34.3 Å². The standard InChI is InChI=1S/C19H29NO3SSi/c1-13(23-25(5,6)19(2,3)4)16-17(20-18(16)22)15(12-21)24-14-10-8-7-9-11-14/h7-13,15-17H,1-6H3,(H,20,22)/t13-,15?,16-,17+/m1/s1. The van der Waals surface area contributed by atoms with Crippen LogP contribution in [0.25, 0.3) is 0 Å². The van der Waals surface area contributed by atoms with Gasteiger partial charge >= 0.3 is 0 Å². The summed E-state index contributed by atoms with van der Waals surface area (Å²) in [7, 11) is -1.97. The number of thioether (sulfide) groups is 1. The lowest BCUT2D eigenvalue weighted by Gasteiger charge is -2.46. The van der Waals surface area contributed by atoms with Gasteiger partial charge < -0.3 is 14.5 Å². The minimum Gasteiger partial charge on any atom is -0.413 e. The Bertz CT molecular complexity index is 615. The van der Waals surface area contributed by atoms with E-state index in [1.807, 2.05) is 37.3 Å². The molecule has 0 saturated carbocycles. The van der Waals surface area contributed by atoms with Gasteiger partial charge in [0, 0.05) is 4.90 Å². The first-order valence-corrected chi connectivity index (χ1v) is 12.5. The molecule has 1 unspecified atom stereocenters. The zero-order valence-electron chi connectivity index (χ0n) is 15.9. The van der Waals surface area contributed by atoms with Crippen LogP contribution < -0.4 is 5.32 Å². The molecule has 2 rings (SSSR count). The molecular weight excluding hydrogens is 350 g/mol. The van der Waals surface area contributed by atoms with Gasteiger partial charge in [-0.15, -0.1) is 11.8 Å². The number of benzene rings is 1. The molecule has 1 aromatic carbocycles. The van der Waals surface area contributed by atoms with Crippen LogP contribution in [0, 0.1) is 5.92 Å². The van der Waals surface area contributed by atoms with Gasteiger partial charge in [0.25, 0.3) is 0 Å². The van der Waals surface area contributed by atoms with Gasteiger partial charge in [-0.2, -0.15) is 0 Å². The molecule has 1 N–H and O–H groups in total. The molecule has 0 aliphatic carbocycles. The van der Waals surface area contributed by atoms with Crippen molar-refractivity contribution in [3.05, 3.63) is 30.3 Å². The first-order chi connectivity index (χ1) is 11.6. The maximum atomic E-state index is 12.2. The molecular formula is C19H29NO3SSi. The first-order valence-electron chi connectivity index (χ1n) is 8.72. The van der Waals surface area contributed by atoms with E-state index in [0.717, 1.165) is 11.2 Å². The molecule has 25 heavy (non-hydrogen) atoms. The number of rotatable bonds is 7. The van der Waals surface area contributed by atoms with Gasteiger partial charge in [0.2, 0.25) is 5.91 Å². The topological polar surface area (TPSA) is 55.4 Å². The van der Waals surface area contributed by atoms with Crippen LogP contribution in [0.3, 0.4) is 0 Å². The Balaban J connectivity index is 2.09. The highest BCUT2D eigenvalue weighted by atomic mass is 32.2. The molecule has 6 heteroatoms.